The van der Waals surface area contributed by atoms with Crippen molar-refractivity contribution >= 4 is 33.9 Å². The van der Waals surface area contributed by atoms with Gasteiger partial charge in [0, 0.05) is 17.3 Å². The second-order valence-corrected chi connectivity index (χ2v) is 7.62. The number of amides is 1. The molecule has 12 heteroatoms. The summed E-state index contributed by atoms with van der Waals surface area (Å²) in [4.78, 5) is 24.6. The highest BCUT2D eigenvalue weighted by Crippen LogP contribution is 2.29. The molecule has 0 aliphatic heterocycles. The zero-order chi connectivity index (χ0) is 22.8. The highest BCUT2D eigenvalue weighted by molar-refractivity contribution is 7.17. The second kappa shape index (κ2) is 8.76. The summed E-state index contributed by atoms with van der Waals surface area (Å²) >= 11 is 1.02. The van der Waals surface area contributed by atoms with E-state index in [9.17, 15) is 23.1 Å². The Labute approximate surface area is 179 Å². The summed E-state index contributed by atoms with van der Waals surface area (Å²) in [6.45, 7) is 3.56. The smallest absolute Gasteiger partial charge is 0.422 e. The van der Waals surface area contributed by atoms with Gasteiger partial charge in [0.25, 0.3) is 5.91 Å². The molecule has 3 N–H and O–H groups in total. The van der Waals surface area contributed by atoms with Crippen LogP contribution in [-0.4, -0.2) is 38.7 Å². The molecule has 0 bridgehead atoms. The third kappa shape index (κ3) is 5.81. The van der Waals surface area contributed by atoms with Gasteiger partial charge >= 0.3 is 12.2 Å². The topological polar surface area (TPSA) is 109 Å². The number of halogens is 3. The van der Waals surface area contributed by atoms with Gasteiger partial charge < -0.3 is 20.5 Å². The number of aromatic hydroxyl groups is 1. The first-order valence-electron chi connectivity index (χ1n) is 8.90. The van der Waals surface area contributed by atoms with E-state index in [1.807, 2.05) is 0 Å². The van der Waals surface area contributed by atoms with Gasteiger partial charge in [-0.2, -0.15) is 18.2 Å². The molecule has 8 nitrogen and oxygen atoms in total. The van der Waals surface area contributed by atoms with Crippen LogP contribution in [0.25, 0.3) is 0 Å². The molecule has 0 saturated carbocycles. The van der Waals surface area contributed by atoms with E-state index in [1.165, 1.54) is 12.3 Å². The molecule has 164 valence electrons. The first-order chi connectivity index (χ1) is 14.5. The first kappa shape index (κ1) is 22.3. The number of phenolic OH excluding ortho intramolecular Hbond substituents is 1. The van der Waals surface area contributed by atoms with Gasteiger partial charge in [-0.05, 0) is 32.4 Å². The average Bonchev–Trinajstić information content (AvgIpc) is 3.14. The Balaban J connectivity index is 1.72. The maximum absolute atomic E-state index is 12.6. The molecule has 31 heavy (non-hydrogen) atoms. The fourth-order valence-electron chi connectivity index (χ4n) is 2.57. The Bertz CT molecular complexity index is 1120. The number of carbonyl (C=O) groups excluding carboxylic acids is 1. The van der Waals surface area contributed by atoms with Crippen LogP contribution in [0, 0.1) is 20.8 Å². The number of rotatable bonds is 6. The molecule has 0 radical (unpaired) electrons. The SMILES string of the molecule is Cc1cc(Nc2ncc(C(=O)Nc3c(C)ccc(O)c3C)s2)nc(OCC(F)(F)F)n1. The highest BCUT2D eigenvalue weighted by atomic mass is 32.1. The lowest BCUT2D eigenvalue weighted by atomic mass is 10.1. The van der Waals surface area contributed by atoms with Crippen molar-refractivity contribution in [3.63, 3.8) is 0 Å². The number of nitrogens with one attached hydrogen (secondary N) is 2. The normalized spacial score (nSPS) is 11.3. The molecule has 0 atom stereocenters. The van der Waals surface area contributed by atoms with E-state index in [4.69, 9.17) is 0 Å². The van der Waals surface area contributed by atoms with Crippen LogP contribution < -0.4 is 15.4 Å². The van der Waals surface area contributed by atoms with Gasteiger partial charge in [-0.25, -0.2) is 9.97 Å². The van der Waals surface area contributed by atoms with Crippen LogP contribution >= 0.6 is 11.3 Å². The quantitative estimate of drug-likeness (QED) is 0.504. The fourth-order valence-corrected chi connectivity index (χ4v) is 3.28. The van der Waals surface area contributed by atoms with E-state index >= 15 is 0 Å². The average molecular weight is 453 g/mol. The number of benzene rings is 1. The number of thiazole rings is 1. The molecule has 0 spiro atoms. The van der Waals surface area contributed by atoms with Gasteiger partial charge in [0.1, 0.15) is 16.4 Å². The zero-order valence-electron chi connectivity index (χ0n) is 16.7. The minimum atomic E-state index is -4.51. The lowest BCUT2D eigenvalue weighted by molar-refractivity contribution is -0.154. The Kier molecular flexibility index (Phi) is 6.29. The number of carbonyl (C=O) groups is 1. The number of alkyl halides is 3. The number of anilines is 3. The van der Waals surface area contributed by atoms with Crippen LogP contribution in [0.15, 0.2) is 24.4 Å². The first-order valence-corrected chi connectivity index (χ1v) is 9.72. The molecule has 3 aromatic rings. The monoisotopic (exact) mass is 453 g/mol. The second-order valence-electron chi connectivity index (χ2n) is 6.59. The summed E-state index contributed by atoms with van der Waals surface area (Å²) in [5, 5.41) is 15.7. The van der Waals surface area contributed by atoms with Gasteiger partial charge in [-0.3, -0.25) is 4.79 Å². The number of aromatic nitrogens is 3. The van der Waals surface area contributed by atoms with Crippen molar-refractivity contribution in [1.29, 1.82) is 0 Å². The summed E-state index contributed by atoms with van der Waals surface area (Å²) in [6, 6.07) is 4.31. The number of hydrogen-bond donors (Lipinski definition) is 3. The van der Waals surface area contributed by atoms with Crippen LogP contribution in [0.1, 0.15) is 26.5 Å². The lowest BCUT2D eigenvalue weighted by Crippen LogP contribution is -2.20. The van der Waals surface area contributed by atoms with Crippen LogP contribution in [-0.2, 0) is 0 Å². The maximum Gasteiger partial charge on any atom is 0.422 e. The third-order valence-electron chi connectivity index (χ3n) is 4.05. The number of aryl methyl sites for hydroxylation is 2. The molecule has 0 aliphatic carbocycles. The van der Waals surface area contributed by atoms with E-state index in [1.54, 1.807) is 32.9 Å². The van der Waals surface area contributed by atoms with Crippen LogP contribution in [0.5, 0.6) is 11.8 Å². The number of nitrogens with zero attached hydrogens (tertiary/aromatic N) is 3. The van der Waals surface area contributed by atoms with Crippen molar-refractivity contribution in [1.82, 2.24) is 15.0 Å². The molecular weight excluding hydrogens is 435 g/mol. The van der Waals surface area contributed by atoms with Crippen LogP contribution in [0.4, 0.5) is 29.8 Å². The Morgan fingerprint density at radius 2 is 1.97 bits per heavy atom. The van der Waals surface area contributed by atoms with Gasteiger partial charge in [0.05, 0.1) is 11.9 Å². The van der Waals surface area contributed by atoms with Crippen molar-refractivity contribution in [2.75, 3.05) is 17.2 Å². The van der Waals surface area contributed by atoms with Crippen molar-refractivity contribution in [3.8, 4) is 11.8 Å². The van der Waals surface area contributed by atoms with Crippen LogP contribution in [0.3, 0.4) is 0 Å². The molecule has 0 fully saturated rings. The van der Waals surface area contributed by atoms with Crippen LogP contribution in [0.2, 0.25) is 0 Å². The van der Waals surface area contributed by atoms with Crippen molar-refractivity contribution in [3.05, 3.63) is 46.1 Å². The van der Waals surface area contributed by atoms with Gasteiger partial charge in [-0.1, -0.05) is 17.4 Å². The Morgan fingerprint density at radius 1 is 1.23 bits per heavy atom. The van der Waals surface area contributed by atoms with Crippen molar-refractivity contribution < 1.29 is 27.8 Å². The number of hydrogen-bond acceptors (Lipinski definition) is 8. The predicted octanol–water partition coefficient (Wildman–Crippen LogP) is 4.50. The zero-order valence-corrected chi connectivity index (χ0v) is 17.5. The van der Waals surface area contributed by atoms with Gasteiger partial charge in [-0.15, -0.1) is 0 Å². The Hall–Kier alpha value is -3.41. The Morgan fingerprint density at radius 3 is 2.68 bits per heavy atom. The highest BCUT2D eigenvalue weighted by Gasteiger charge is 2.29. The minimum Gasteiger partial charge on any atom is -0.508 e. The van der Waals surface area contributed by atoms with E-state index < -0.39 is 24.7 Å². The summed E-state index contributed by atoms with van der Waals surface area (Å²) in [7, 11) is 0. The third-order valence-corrected chi connectivity index (χ3v) is 4.96. The molecule has 3 rings (SSSR count). The molecule has 1 aromatic carbocycles. The number of phenols is 1. The van der Waals surface area contributed by atoms with E-state index in [0.29, 0.717) is 22.1 Å². The summed E-state index contributed by atoms with van der Waals surface area (Å²) in [5.74, 6) is -0.184. The van der Waals surface area contributed by atoms with Gasteiger partial charge in [0.15, 0.2) is 11.7 Å². The lowest BCUT2D eigenvalue weighted by Gasteiger charge is -2.12. The van der Waals surface area contributed by atoms with E-state index in [0.717, 1.165) is 16.9 Å². The molecule has 2 heterocycles. The maximum atomic E-state index is 12.6. The van der Waals surface area contributed by atoms with Crippen molar-refractivity contribution in [2.45, 2.75) is 26.9 Å². The van der Waals surface area contributed by atoms with E-state index in [2.05, 4.69) is 30.3 Å². The molecule has 0 aliphatic rings. The molecule has 2 aromatic heterocycles. The standard InChI is InChI=1S/C19H18F3N5O3S/c1-9-4-5-12(28)11(3)15(9)27-16(29)13-7-23-18(31-13)26-14-6-10(2)24-17(25-14)30-8-19(20,21)22/h4-7,28H,8H2,1-3H3,(H,27,29)(H,23,24,25,26). The molecular formula is C19H18F3N5O3S. The molecule has 0 unspecified atom stereocenters. The van der Waals surface area contributed by atoms with Crippen molar-refractivity contribution in [2.24, 2.45) is 0 Å². The minimum absolute atomic E-state index is 0.0650. The van der Waals surface area contributed by atoms with E-state index in [-0.39, 0.29) is 16.4 Å². The van der Waals surface area contributed by atoms with Gasteiger partial charge in [0.2, 0.25) is 0 Å². The molecule has 0 saturated heterocycles. The largest absolute Gasteiger partial charge is 0.508 e. The summed E-state index contributed by atoms with van der Waals surface area (Å²) < 4.78 is 41.6. The molecule has 1 amide bonds. The predicted molar refractivity (Wildman–Crippen MR) is 109 cm³/mol. The summed E-state index contributed by atoms with van der Waals surface area (Å²) in [5.41, 5.74) is 2.22. The fraction of sp³-hybridized carbons (Fsp3) is 0.263. The number of ether oxygens (including phenoxy) is 1. The summed E-state index contributed by atoms with van der Waals surface area (Å²) in [6.07, 6.45) is -3.16.